The molecule has 0 amide bonds. The molecule has 0 radical (unpaired) electrons. The number of allylic oxidation sites excluding steroid dienone is 1. The van der Waals surface area contributed by atoms with Crippen molar-refractivity contribution in [3.05, 3.63) is 101 Å². The fourth-order valence-corrected chi connectivity index (χ4v) is 8.88. The van der Waals surface area contributed by atoms with E-state index in [0.717, 1.165) is 0 Å². The fraction of sp³-hybridized carbons (Fsp3) is 0.167. The number of rotatable bonds is 4. The van der Waals surface area contributed by atoms with Gasteiger partial charge in [-0.1, -0.05) is 84.9 Å². The molecule has 0 N–H and O–H groups in total. The van der Waals surface area contributed by atoms with Crippen molar-refractivity contribution in [1.29, 1.82) is 0 Å². The van der Waals surface area contributed by atoms with Gasteiger partial charge < -0.3 is 8.85 Å². The van der Waals surface area contributed by atoms with E-state index < -0.39 is 8.56 Å². The lowest BCUT2D eigenvalue weighted by atomic mass is 10.1. The van der Waals surface area contributed by atoms with Crippen LogP contribution in [-0.4, -0.2) is 22.8 Å². The molecule has 0 bridgehead atoms. The predicted octanol–water partition coefficient (Wildman–Crippen LogP) is 5.42. The Hall–Kier alpha value is -2.46. The third-order valence-electron chi connectivity index (χ3n) is 6.11. The summed E-state index contributed by atoms with van der Waals surface area (Å²) in [4.78, 5) is 0. The van der Waals surface area contributed by atoms with Crippen LogP contribution >= 0.6 is 0 Å². The van der Waals surface area contributed by atoms with Crippen molar-refractivity contribution >= 4 is 14.6 Å². The highest BCUT2D eigenvalue weighted by Crippen LogP contribution is 2.53. The molecule has 3 aromatic rings. The Balaban J connectivity index is 1.75. The van der Waals surface area contributed by atoms with Crippen molar-refractivity contribution in [1.82, 2.24) is 0 Å². The van der Waals surface area contributed by atoms with Crippen LogP contribution in [0.15, 0.2) is 78.9 Å². The monoisotopic (exact) mass is 370 g/mol. The normalized spacial score (nSPS) is 17.6. The van der Waals surface area contributed by atoms with E-state index >= 15 is 0 Å². The lowest BCUT2D eigenvalue weighted by Gasteiger charge is -2.38. The summed E-state index contributed by atoms with van der Waals surface area (Å²) in [5.41, 5.74) is 8.15. The Morgan fingerprint density at radius 2 is 1.19 bits per heavy atom. The van der Waals surface area contributed by atoms with Gasteiger partial charge in [0.05, 0.1) is 5.54 Å². The molecule has 134 valence electrons. The van der Waals surface area contributed by atoms with Crippen LogP contribution in [0.1, 0.15) is 33.3 Å². The summed E-state index contributed by atoms with van der Waals surface area (Å²) in [6.45, 7) is 0. The summed E-state index contributed by atoms with van der Waals surface area (Å²) in [7, 11) is 0.937. The predicted molar refractivity (Wildman–Crippen MR) is 112 cm³/mol. The lowest BCUT2D eigenvalue weighted by Crippen LogP contribution is -2.52. The molecular formula is C24H22O2Si. The molecule has 2 aliphatic carbocycles. The second-order valence-electron chi connectivity index (χ2n) is 7.20. The van der Waals surface area contributed by atoms with Crippen LogP contribution in [0.4, 0.5) is 0 Å². The van der Waals surface area contributed by atoms with Crippen molar-refractivity contribution in [2.75, 3.05) is 14.2 Å². The third-order valence-corrected chi connectivity index (χ3v) is 10.2. The Bertz CT molecular complexity index is 990. The zero-order chi connectivity index (χ0) is 18.4. The van der Waals surface area contributed by atoms with Crippen molar-refractivity contribution in [2.45, 2.75) is 11.1 Å². The highest BCUT2D eigenvalue weighted by Gasteiger charge is 2.56. The van der Waals surface area contributed by atoms with Gasteiger partial charge in [0, 0.05) is 19.8 Å². The molecule has 1 atom stereocenters. The first kappa shape index (κ1) is 16.7. The van der Waals surface area contributed by atoms with Crippen LogP contribution in [0, 0.1) is 0 Å². The zero-order valence-electron chi connectivity index (χ0n) is 15.6. The average Bonchev–Trinajstić information content (AvgIpc) is 3.31. The number of hydrogen-bond acceptors (Lipinski definition) is 2. The summed E-state index contributed by atoms with van der Waals surface area (Å²) in [6, 6.07) is 26.0. The van der Waals surface area contributed by atoms with Gasteiger partial charge in [0.1, 0.15) is 0 Å². The average molecular weight is 371 g/mol. The Labute approximate surface area is 161 Å². The van der Waals surface area contributed by atoms with E-state index in [1.54, 1.807) is 0 Å². The fourth-order valence-electron chi connectivity index (χ4n) is 4.94. The molecule has 0 saturated heterocycles. The van der Waals surface area contributed by atoms with E-state index in [9.17, 15) is 0 Å². The molecule has 2 nitrogen and oxygen atoms in total. The van der Waals surface area contributed by atoms with Crippen LogP contribution in [0.3, 0.4) is 0 Å². The van der Waals surface area contributed by atoms with E-state index in [-0.39, 0.29) is 11.1 Å². The number of fused-ring (bicyclic) bond motifs is 4. The minimum atomic E-state index is -2.72. The van der Waals surface area contributed by atoms with Gasteiger partial charge >= 0.3 is 8.56 Å². The molecule has 5 rings (SSSR count). The first-order valence-corrected chi connectivity index (χ1v) is 11.3. The van der Waals surface area contributed by atoms with Crippen LogP contribution in [0.25, 0.3) is 17.2 Å². The second kappa shape index (κ2) is 6.31. The highest BCUT2D eigenvalue weighted by molar-refractivity contribution is 6.72. The molecule has 2 aliphatic rings. The lowest BCUT2D eigenvalue weighted by molar-refractivity contribution is 0.229. The molecule has 3 aromatic carbocycles. The molecular weight excluding hydrogens is 348 g/mol. The number of benzene rings is 3. The zero-order valence-corrected chi connectivity index (χ0v) is 16.6. The molecule has 27 heavy (non-hydrogen) atoms. The van der Waals surface area contributed by atoms with Crippen molar-refractivity contribution in [3.63, 3.8) is 0 Å². The molecule has 0 fully saturated rings. The van der Waals surface area contributed by atoms with Crippen LogP contribution in [0.2, 0.25) is 0 Å². The van der Waals surface area contributed by atoms with E-state index in [1.807, 2.05) is 14.2 Å². The summed E-state index contributed by atoms with van der Waals surface area (Å²) in [5.74, 6) is 0. The van der Waals surface area contributed by atoms with Crippen molar-refractivity contribution in [3.8, 4) is 11.1 Å². The first-order valence-electron chi connectivity index (χ1n) is 9.36. The molecule has 0 saturated carbocycles. The molecule has 0 aliphatic heterocycles. The van der Waals surface area contributed by atoms with Gasteiger partial charge in [-0.15, -0.1) is 0 Å². The Kier molecular flexibility index (Phi) is 3.90. The summed E-state index contributed by atoms with van der Waals surface area (Å²) in [5, 5.41) is 0. The minimum absolute atomic E-state index is 0.140. The van der Waals surface area contributed by atoms with E-state index in [4.69, 9.17) is 8.85 Å². The number of hydrogen-bond donors (Lipinski definition) is 0. The Morgan fingerprint density at radius 3 is 1.78 bits per heavy atom. The molecule has 3 heteroatoms. The molecule has 0 heterocycles. The summed E-state index contributed by atoms with van der Waals surface area (Å²) in [6.07, 6.45) is 4.50. The topological polar surface area (TPSA) is 18.5 Å². The van der Waals surface area contributed by atoms with Gasteiger partial charge in [0.15, 0.2) is 0 Å². The minimum Gasteiger partial charge on any atom is -0.397 e. The van der Waals surface area contributed by atoms with Crippen LogP contribution in [0.5, 0.6) is 0 Å². The van der Waals surface area contributed by atoms with Crippen LogP contribution in [-0.2, 0) is 8.85 Å². The van der Waals surface area contributed by atoms with Gasteiger partial charge in [-0.25, -0.2) is 0 Å². The second-order valence-corrected chi connectivity index (χ2v) is 10.7. The smallest absolute Gasteiger partial charge is 0.361 e. The summed E-state index contributed by atoms with van der Waals surface area (Å²) >= 11 is 0. The van der Waals surface area contributed by atoms with Crippen molar-refractivity contribution in [2.24, 2.45) is 0 Å². The standard InChI is InChI=1S/C24H22O2Si/c1-25-27(26-2,23-16-15-17-9-3-4-10-18(17)23)24-21-13-7-5-11-19(21)20-12-6-8-14-22(20)24/h3-16,23-24H,1-2H3. The van der Waals surface area contributed by atoms with Crippen molar-refractivity contribution < 1.29 is 8.85 Å². The molecule has 0 aromatic heterocycles. The van der Waals surface area contributed by atoms with Gasteiger partial charge in [0.25, 0.3) is 0 Å². The van der Waals surface area contributed by atoms with Crippen LogP contribution < -0.4 is 0 Å². The SMILES string of the molecule is CO[Si](OC)(C1C=Cc2ccccc21)C1c2ccccc2-c2ccccc21. The van der Waals surface area contributed by atoms with Gasteiger partial charge in [-0.05, 0) is 33.4 Å². The van der Waals surface area contributed by atoms with Gasteiger partial charge in [-0.2, -0.15) is 0 Å². The third kappa shape index (κ3) is 2.26. The van der Waals surface area contributed by atoms with E-state index in [2.05, 4.69) is 84.9 Å². The largest absolute Gasteiger partial charge is 0.397 e. The molecule has 0 spiro atoms. The quantitative estimate of drug-likeness (QED) is 0.571. The first-order chi connectivity index (χ1) is 13.3. The Morgan fingerprint density at radius 1 is 0.667 bits per heavy atom. The maximum atomic E-state index is 6.39. The maximum absolute atomic E-state index is 6.39. The van der Waals surface area contributed by atoms with Gasteiger partial charge in [-0.3, -0.25) is 0 Å². The van der Waals surface area contributed by atoms with E-state index in [0.29, 0.717) is 0 Å². The summed E-state index contributed by atoms with van der Waals surface area (Å²) < 4.78 is 12.8. The highest BCUT2D eigenvalue weighted by atomic mass is 28.4. The maximum Gasteiger partial charge on any atom is 0.361 e. The van der Waals surface area contributed by atoms with E-state index in [1.165, 1.54) is 33.4 Å². The van der Waals surface area contributed by atoms with Gasteiger partial charge in [0.2, 0.25) is 0 Å². The molecule has 1 unspecified atom stereocenters.